The summed E-state index contributed by atoms with van der Waals surface area (Å²) in [4.78, 5) is 0. The number of hydrogen-bond acceptors (Lipinski definition) is 4. The predicted molar refractivity (Wildman–Crippen MR) is 99.8 cm³/mol. The molecule has 1 fully saturated rings. The summed E-state index contributed by atoms with van der Waals surface area (Å²) in [5.41, 5.74) is 2.05. The molecule has 0 bridgehead atoms. The lowest BCUT2D eigenvalue weighted by molar-refractivity contribution is -0.473. The van der Waals surface area contributed by atoms with Gasteiger partial charge in [-0.3, -0.25) is 0 Å². The van der Waals surface area contributed by atoms with Crippen molar-refractivity contribution in [1.82, 2.24) is 0 Å². The van der Waals surface area contributed by atoms with Crippen LogP contribution in [0.2, 0.25) is 0 Å². The molecule has 1 saturated heterocycles. The second-order valence-electron chi connectivity index (χ2n) is 6.85. The van der Waals surface area contributed by atoms with Crippen molar-refractivity contribution in [3.8, 4) is 0 Å². The van der Waals surface area contributed by atoms with Crippen molar-refractivity contribution in [3.05, 3.63) is 77.0 Å². The summed E-state index contributed by atoms with van der Waals surface area (Å²) in [6.45, 7) is 4.82. The normalized spacial score (nSPS) is 22.5. The molecule has 1 heterocycles. The molecule has 0 radical (unpaired) electrons. The van der Waals surface area contributed by atoms with Crippen LogP contribution in [0.25, 0.3) is 0 Å². The molecule has 0 spiro atoms. The standard InChI is InChI=1S/C21H25NO4/c1-21(2)25-19(14-22(23)13-17-9-5-3-6-10-17)20(26-21)16-24-15-18-11-7-4-8-12-18/h3-12,14,19-20H,13,15-16H2,1-2H3/b22-14-/t19-,20-/m0/s1. The Labute approximate surface area is 154 Å². The van der Waals surface area contributed by atoms with Gasteiger partial charge in [-0.1, -0.05) is 60.7 Å². The highest BCUT2D eigenvalue weighted by molar-refractivity contribution is 5.59. The van der Waals surface area contributed by atoms with Crippen LogP contribution in [0.15, 0.2) is 60.7 Å². The Morgan fingerprint density at radius 2 is 1.62 bits per heavy atom. The second kappa shape index (κ2) is 8.45. The van der Waals surface area contributed by atoms with Gasteiger partial charge in [-0.05, 0) is 19.4 Å². The Hall–Kier alpha value is -2.21. The van der Waals surface area contributed by atoms with Crippen LogP contribution < -0.4 is 0 Å². The summed E-state index contributed by atoms with van der Waals surface area (Å²) in [5, 5.41) is 12.3. The monoisotopic (exact) mass is 355 g/mol. The highest BCUT2D eigenvalue weighted by atomic mass is 16.8. The highest BCUT2D eigenvalue weighted by Crippen LogP contribution is 2.27. The molecular formula is C21H25NO4. The summed E-state index contributed by atoms with van der Waals surface area (Å²) >= 11 is 0. The first kappa shape index (κ1) is 18.6. The van der Waals surface area contributed by atoms with Crippen molar-refractivity contribution >= 4 is 6.21 Å². The topological polar surface area (TPSA) is 53.8 Å². The molecule has 5 heteroatoms. The van der Waals surface area contributed by atoms with Crippen LogP contribution in [0.3, 0.4) is 0 Å². The van der Waals surface area contributed by atoms with Gasteiger partial charge in [0.25, 0.3) is 0 Å². The molecule has 2 aromatic rings. The lowest BCUT2D eigenvalue weighted by Gasteiger charge is -2.16. The highest BCUT2D eigenvalue weighted by Gasteiger charge is 2.42. The molecule has 1 aliphatic heterocycles. The van der Waals surface area contributed by atoms with Crippen LogP contribution in [0, 0.1) is 5.21 Å². The zero-order valence-electron chi connectivity index (χ0n) is 15.2. The first-order chi connectivity index (χ1) is 12.5. The third kappa shape index (κ3) is 5.39. The Morgan fingerprint density at radius 3 is 2.27 bits per heavy atom. The third-order valence-corrected chi connectivity index (χ3v) is 4.11. The van der Waals surface area contributed by atoms with Gasteiger partial charge >= 0.3 is 0 Å². The van der Waals surface area contributed by atoms with Crippen molar-refractivity contribution in [2.24, 2.45) is 0 Å². The largest absolute Gasteiger partial charge is 0.624 e. The SMILES string of the molecule is CC1(C)O[C@@H](/C=[N+](\[O-])Cc2ccccc2)[C@H](COCc2ccccc2)O1. The maximum absolute atomic E-state index is 12.3. The number of benzene rings is 2. The number of rotatable bonds is 7. The van der Waals surface area contributed by atoms with Gasteiger partial charge in [0, 0.05) is 5.56 Å². The third-order valence-electron chi connectivity index (χ3n) is 4.11. The minimum absolute atomic E-state index is 0.277. The van der Waals surface area contributed by atoms with Crippen molar-refractivity contribution in [3.63, 3.8) is 0 Å². The minimum Gasteiger partial charge on any atom is -0.624 e. The van der Waals surface area contributed by atoms with Crippen LogP contribution in [-0.2, 0) is 27.4 Å². The molecule has 26 heavy (non-hydrogen) atoms. The van der Waals surface area contributed by atoms with E-state index in [2.05, 4.69) is 0 Å². The van der Waals surface area contributed by atoms with E-state index in [1.165, 1.54) is 6.21 Å². The molecule has 2 atom stereocenters. The molecule has 5 nitrogen and oxygen atoms in total. The predicted octanol–water partition coefficient (Wildman–Crippen LogP) is 3.50. The van der Waals surface area contributed by atoms with Crippen LogP contribution in [0.5, 0.6) is 0 Å². The van der Waals surface area contributed by atoms with Gasteiger partial charge in [0.05, 0.1) is 13.2 Å². The minimum atomic E-state index is -0.741. The van der Waals surface area contributed by atoms with Crippen LogP contribution in [0.1, 0.15) is 25.0 Å². The van der Waals surface area contributed by atoms with Gasteiger partial charge in [-0.25, -0.2) is 4.74 Å². The molecule has 0 saturated carbocycles. The van der Waals surface area contributed by atoms with E-state index in [1.54, 1.807) is 0 Å². The summed E-state index contributed by atoms with van der Waals surface area (Å²) in [5.74, 6) is -0.741. The van der Waals surface area contributed by atoms with Gasteiger partial charge in [0.15, 0.2) is 24.7 Å². The first-order valence-corrected chi connectivity index (χ1v) is 8.82. The fraction of sp³-hybridized carbons (Fsp3) is 0.381. The van der Waals surface area contributed by atoms with E-state index >= 15 is 0 Å². The van der Waals surface area contributed by atoms with Crippen LogP contribution in [-0.4, -0.2) is 35.6 Å². The fourth-order valence-corrected chi connectivity index (χ4v) is 2.97. The van der Waals surface area contributed by atoms with Crippen molar-refractivity contribution in [2.75, 3.05) is 6.61 Å². The lowest BCUT2D eigenvalue weighted by Crippen LogP contribution is -2.31. The van der Waals surface area contributed by atoms with Gasteiger partial charge in [-0.15, -0.1) is 0 Å². The van der Waals surface area contributed by atoms with E-state index in [-0.39, 0.29) is 12.6 Å². The zero-order valence-corrected chi connectivity index (χ0v) is 15.2. The Bertz CT molecular complexity index is 715. The van der Waals surface area contributed by atoms with Crippen molar-refractivity contribution in [2.45, 2.75) is 45.0 Å². The van der Waals surface area contributed by atoms with Crippen LogP contribution in [0.4, 0.5) is 0 Å². The molecule has 0 N–H and O–H groups in total. The van der Waals surface area contributed by atoms with E-state index in [1.807, 2.05) is 74.5 Å². The fourth-order valence-electron chi connectivity index (χ4n) is 2.97. The van der Waals surface area contributed by atoms with E-state index < -0.39 is 11.9 Å². The van der Waals surface area contributed by atoms with Crippen molar-refractivity contribution in [1.29, 1.82) is 0 Å². The van der Waals surface area contributed by atoms with Crippen molar-refractivity contribution < 1.29 is 18.9 Å². The number of hydroxylamine groups is 1. The number of hydrogen-bond donors (Lipinski definition) is 0. The molecule has 138 valence electrons. The Kier molecular flexibility index (Phi) is 6.04. The number of ether oxygens (including phenoxy) is 3. The molecule has 0 amide bonds. The second-order valence-corrected chi connectivity index (χ2v) is 6.85. The van der Waals surface area contributed by atoms with E-state index in [4.69, 9.17) is 14.2 Å². The average molecular weight is 355 g/mol. The molecule has 1 aliphatic rings. The molecular weight excluding hydrogens is 330 g/mol. The molecule has 2 aromatic carbocycles. The smallest absolute Gasteiger partial charge is 0.183 e. The van der Waals surface area contributed by atoms with E-state index in [0.717, 1.165) is 15.9 Å². The first-order valence-electron chi connectivity index (χ1n) is 8.82. The molecule has 0 aliphatic carbocycles. The quantitative estimate of drug-likeness (QED) is 0.330. The molecule has 0 aromatic heterocycles. The summed E-state index contributed by atoms with van der Waals surface area (Å²) in [6.07, 6.45) is 0.779. The summed E-state index contributed by atoms with van der Waals surface area (Å²) in [7, 11) is 0. The maximum atomic E-state index is 12.3. The maximum Gasteiger partial charge on any atom is 0.183 e. The molecule has 3 rings (SSSR count). The lowest BCUT2D eigenvalue weighted by atomic mass is 10.2. The van der Waals surface area contributed by atoms with Gasteiger partial charge in [0.2, 0.25) is 0 Å². The molecule has 0 unspecified atom stereocenters. The Morgan fingerprint density at radius 1 is 1.00 bits per heavy atom. The zero-order chi connectivity index (χ0) is 18.4. The summed E-state index contributed by atoms with van der Waals surface area (Å²) in [6, 6.07) is 19.6. The van der Waals surface area contributed by atoms with E-state index in [9.17, 15) is 5.21 Å². The summed E-state index contributed by atoms with van der Waals surface area (Å²) < 4.78 is 18.5. The van der Waals surface area contributed by atoms with Gasteiger partial charge < -0.3 is 19.4 Å². The number of nitrogens with zero attached hydrogens (tertiary/aromatic N) is 1. The van der Waals surface area contributed by atoms with Gasteiger partial charge in [0.1, 0.15) is 6.10 Å². The Balaban J connectivity index is 1.59. The average Bonchev–Trinajstić information content (AvgIpc) is 2.90. The van der Waals surface area contributed by atoms with Gasteiger partial charge in [-0.2, -0.15) is 0 Å². The van der Waals surface area contributed by atoms with Crippen LogP contribution >= 0.6 is 0 Å². The van der Waals surface area contributed by atoms with E-state index in [0.29, 0.717) is 13.2 Å².